The van der Waals surface area contributed by atoms with Crippen molar-refractivity contribution in [1.82, 2.24) is 5.32 Å². The van der Waals surface area contributed by atoms with Crippen LogP contribution in [0, 0.1) is 13.8 Å². The summed E-state index contributed by atoms with van der Waals surface area (Å²) in [5, 5.41) is 3.42. The van der Waals surface area contributed by atoms with Gasteiger partial charge in [0.2, 0.25) is 0 Å². The molecule has 1 aromatic carbocycles. The third-order valence-corrected chi connectivity index (χ3v) is 4.36. The van der Waals surface area contributed by atoms with Gasteiger partial charge in [0.05, 0.1) is 12.2 Å². The minimum atomic E-state index is 0.260. The minimum Gasteiger partial charge on any atom is -0.486 e. The Labute approximate surface area is 121 Å². The minimum absolute atomic E-state index is 0.260. The van der Waals surface area contributed by atoms with Crippen LogP contribution in [0.1, 0.15) is 18.1 Å². The van der Waals surface area contributed by atoms with Crippen LogP contribution in [0.3, 0.4) is 0 Å². The number of rotatable bonds is 1. The molecular weight excluding hydrogens is 250 g/mol. The van der Waals surface area contributed by atoms with Gasteiger partial charge in [-0.05, 0) is 38.0 Å². The van der Waals surface area contributed by atoms with Crippen LogP contribution >= 0.6 is 0 Å². The second-order valence-corrected chi connectivity index (χ2v) is 6.06. The van der Waals surface area contributed by atoms with Crippen molar-refractivity contribution in [1.29, 1.82) is 0 Å². The van der Waals surface area contributed by atoms with Crippen molar-refractivity contribution in [2.45, 2.75) is 26.9 Å². The van der Waals surface area contributed by atoms with E-state index in [4.69, 9.17) is 4.74 Å². The molecule has 2 heterocycles. The number of piperazine rings is 1. The molecule has 4 heteroatoms. The van der Waals surface area contributed by atoms with Gasteiger partial charge in [-0.3, -0.25) is 0 Å². The largest absolute Gasteiger partial charge is 0.486 e. The zero-order chi connectivity index (χ0) is 14.3. The highest BCUT2D eigenvalue weighted by atomic mass is 16.5. The zero-order valence-corrected chi connectivity index (χ0v) is 13.0. The first-order valence-electron chi connectivity index (χ1n) is 7.55. The smallest absolute Gasteiger partial charge is 0.146 e. The average Bonchev–Trinajstić information content (AvgIpc) is 2.43. The van der Waals surface area contributed by atoms with E-state index in [2.05, 4.69) is 49.0 Å². The number of nitrogens with zero attached hydrogens (tertiary/aromatic N) is 2. The SMILES string of the molecule is Cc1cc(N2CCNCC2)c(C)c2c1OC(C)CN2C. The Morgan fingerprint density at radius 3 is 2.65 bits per heavy atom. The number of ether oxygens (including phenoxy) is 1. The molecule has 20 heavy (non-hydrogen) atoms. The van der Waals surface area contributed by atoms with Gasteiger partial charge in [-0.15, -0.1) is 0 Å². The van der Waals surface area contributed by atoms with E-state index in [1.807, 2.05) is 0 Å². The normalized spacial score (nSPS) is 22.5. The van der Waals surface area contributed by atoms with Crippen molar-refractivity contribution in [3.63, 3.8) is 0 Å². The molecule has 0 amide bonds. The number of fused-ring (bicyclic) bond motifs is 1. The Bertz CT molecular complexity index is 509. The van der Waals surface area contributed by atoms with Gasteiger partial charge in [-0.25, -0.2) is 0 Å². The molecule has 1 atom stereocenters. The highest BCUT2D eigenvalue weighted by molar-refractivity contribution is 5.76. The number of aryl methyl sites for hydroxylation is 1. The molecule has 1 unspecified atom stereocenters. The molecule has 1 saturated heterocycles. The van der Waals surface area contributed by atoms with Crippen LogP contribution in [0.4, 0.5) is 11.4 Å². The Hall–Kier alpha value is -1.42. The number of anilines is 2. The molecule has 0 bridgehead atoms. The first kappa shape index (κ1) is 13.6. The van der Waals surface area contributed by atoms with Crippen molar-refractivity contribution in [3.8, 4) is 5.75 Å². The molecule has 2 aliphatic heterocycles. The summed E-state index contributed by atoms with van der Waals surface area (Å²) in [7, 11) is 2.17. The van der Waals surface area contributed by atoms with Gasteiger partial charge in [0.25, 0.3) is 0 Å². The van der Waals surface area contributed by atoms with Gasteiger partial charge >= 0.3 is 0 Å². The van der Waals surface area contributed by atoms with Gasteiger partial charge in [0.15, 0.2) is 0 Å². The number of benzene rings is 1. The first-order valence-corrected chi connectivity index (χ1v) is 7.55. The summed E-state index contributed by atoms with van der Waals surface area (Å²) in [6.07, 6.45) is 0.260. The molecule has 110 valence electrons. The van der Waals surface area contributed by atoms with Gasteiger partial charge in [-0.1, -0.05) is 0 Å². The molecular formula is C16H25N3O. The summed E-state index contributed by atoms with van der Waals surface area (Å²) in [4.78, 5) is 4.84. The molecule has 0 saturated carbocycles. The maximum atomic E-state index is 6.08. The molecule has 0 radical (unpaired) electrons. The molecule has 0 spiro atoms. The number of likely N-dealkylation sites (N-methyl/N-ethyl adjacent to an activating group) is 1. The van der Waals surface area contributed by atoms with Gasteiger partial charge in [-0.2, -0.15) is 0 Å². The average molecular weight is 275 g/mol. The maximum absolute atomic E-state index is 6.08. The van der Waals surface area contributed by atoms with E-state index in [0.29, 0.717) is 0 Å². The van der Waals surface area contributed by atoms with Crippen LogP contribution in [0.2, 0.25) is 0 Å². The fourth-order valence-electron chi connectivity index (χ4n) is 3.42. The van der Waals surface area contributed by atoms with Crippen LogP contribution in [0.15, 0.2) is 6.07 Å². The number of nitrogens with one attached hydrogen (secondary N) is 1. The Kier molecular flexibility index (Phi) is 3.50. The molecule has 1 aromatic rings. The second-order valence-electron chi connectivity index (χ2n) is 6.06. The fraction of sp³-hybridized carbons (Fsp3) is 0.625. The van der Waals surface area contributed by atoms with Crippen molar-refractivity contribution in [2.75, 3.05) is 49.6 Å². The summed E-state index contributed by atoms with van der Waals surface area (Å²) >= 11 is 0. The van der Waals surface area contributed by atoms with Crippen LogP contribution in [0.25, 0.3) is 0 Å². The highest BCUT2D eigenvalue weighted by Gasteiger charge is 2.27. The van der Waals surface area contributed by atoms with Crippen molar-refractivity contribution < 1.29 is 4.74 Å². The van der Waals surface area contributed by atoms with E-state index in [1.54, 1.807) is 0 Å². The van der Waals surface area contributed by atoms with Crippen molar-refractivity contribution in [2.24, 2.45) is 0 Å². The summed E-state index contributed by atoms with van der Waals surface area (Å²) in [5.74, 6) is 1.07. The molecule has 2 aliphatic rings. The monoisotopic (exact) mass is 275 g/mol. The third kappa shape index (κ3) is 2.22. The van der Waals surface area contributed by atoms with Crippen LogP contribution < -0.4 is 19.9 Å². The number of hydrogen-bond acceptors (Lipinski definition) is 4. The number of hydrogen-bond donors (Lipinski definition) is 1. The van der Waals surface area contributed by atoms with Crippen molar-refractivity contribution in [3.05, 3.63) is 17.2 Å². The third-order valence-electron chi connectivity index (χ3n) is 4.36. The van der Waals surface area contributed by atoms with Gasteiger partial charge < -0.3 is 19.9 Å². The molecule has 0 aromatic heterocycles. The van der Waals surface area contributed by atoms with E-state index >= 15 is 0 Å². The lowest BCUT2D eigenvalue weighted by molar-refractivity contribution is 0.213. The lowest BCUT2D eigenvalue weighted by atomic mass is 10.0. The van der Waals surface area contributed by atoms with Gasteiger partial charge in [0.1, 0.15) is 11.9 Å². The lowest BCUT2D eigenvalue weighted by Crippen LogP contribution is -2.44. The van der Waals surface area contributed by atoms with E-state index in [9.17, 15) is 0 Å². The van der Waals surface area contributed by atoms with E-state index in [-0.39, 0.29) is 6.10 Å². The summed E-state index contributed by atoms with van der Waals surface area (Å²) in [6.45, 7) is 11.8. The second kappa shape index (κ2) is 5.17. The Morgan fingerprint density at radius 2 is 1.95 bits per heavy atom. The summed E-state index contributed by atoms with van der Waals surface area (Å²) in [6, 6.07) is 2.30. The zero-order valence-electron chi connectivity index (χ0n) is 13.0. The maximum Gasteiger partial charge on any atom is 0.146 e. The Morgan fingerprint density at radius 1 is 1.25 bits per heavy atom. The predicted molar refractivity (Wildman–Crippen MR) is 84.4 cm³/mol. The van der Waals surface area contributed by atoms with Gasteiger partial charge in [0, 0.05) is 38.9 Å². The highest BCUT2D eigenvalue weighted by Crippen LogP contribution is 2.43. The van der Waals surface area contributed by atoms with Crippen LogP contribution in [-0.2, 0) is 0 Å². The van der Waals surface area contributed by atoms with E-state index in [0.717, 1.165) is 38.5 Å². The quantitative estimate of drug-likeness (QED) is 0.847. The molecule has 4 nitrogen and oxygen atoms in total. The van der Waals surface area contributed by atoms with Crippen LogP contribution in [-0.4, -0.2) is 45.9 Å². The van der Waals surface area contributed by atoms with Crippen LogP contribution in [0.5, 0.6) is 5.75 Å². The topological polar surface area (TPSA) is 27.7 Å². The van der Waals surface area contributed by atoms with E-state index in [1.165, 1.54) is 22.5 Å². The molecule has 1 fully saturated rings. The molecule has 0 aliphatic carbocycles. The predicted octanol–water partition coefficient (Wildman–Crippen LogP) is 1.93. The van der Waals surface area contributed by atoms with E-state index < -0.39 is 0 Å². The first-order chi connectivity index (χ1) is 9.58. The van der Waals surface area contributed by atoms with Crippen molar-refractivity contribution >= 4 is 11.4 Å². The molecule has 1 N–H and O–H groups in total. The summed E-state index contributed by atoms with van der Waals surface area (Å²) in [5.41, 5.74) is 5.24. The Balaban J connectivity index is 2.05. The fourth-order valence-corrected chi connectivity index (χ4v) is 3.42. The standard InChI is InChI=1S/C16H25N3O/c1-11-9-14(19-7-5-17-6-8-19)13(3)15-16(11)20-12(2)10-18(15)4/h9,12,17H,5-8,10H2,1-4H3. The molecule has 3 rings (SSSR count). The lowest BCUT2D eigenvalue weighted by Gasteiger charge is -2.38. The summed E-state index contributed by atoms with van der Waals surface area (Å²) < 4.78 is 6.08.